The maximum absolute atomic E-state index is 11.0. The molecular formula is C9H17N3O2S. The fourth-order valence-corrected chi connectivity index (χ4v) is 1.68. The predicted octanol–water partition coefficient (Wildman–Crippen LogP) is 1.02. The van der Waals surface area contributed by atoms with E-state index in [0.717, 1.165) is 5.75 Å². The Hall–Kier alpha value is -0.750. The van der Waals surface area contributed by atoms with Crippen LogP contribution in [0.25, 0.3) is 0 Å². The second-order valence-corrected chi connectivity index (χ2v) is 5.24. The predicted molar refractivity (Wildman–Crippen MR) is 60.3 cm³/mol. The minimum absolute atomic E-state index is 0.113. The maximum atomic E-state index is 11.0. The molecule has 0 spiro atoms. The molecule has 0 unspecified atom stereocenters. The molecule has 0 aliphatic heterocycles. The van der Waals surface area contributed by atoms with Crippen LogP contribution in [0.2, 0.25) is 0 Å². The Morgan fingerprint density at radius 2 is 2.20 bits per heavy atom. The molecule has 0 radical (unpaired) electrons. The zero-order valence-corrected chi connectivity index (χ0v) is 10.3. The van der Waals surface area contributed by atoms with Gasteiger partial charge in [0, 0.05) is 12.8 Å². The summed E-state index contributed by atoms with van der Waals surface area (Å²) in [6.07, 6.45) is 0. The largest absolute Gasteiger partial charge is 0.375 e. The molecule has 6 heteroatoms. The summed E-state index contributed by atoms with van der Waals surface area (Å²) in [5, 5.41) is 6.96. The van der Waals surface area contributed by atoms with Crippen molar-refractivity contribution in [2.24, 2.45) is 7.05 Å². The van der Waals surface area contributed by atoms with Crippen LogP contribution in [-0.4, -0.2) is 32.7 Å². The van der Waals surface area contributed by atoms with Crippen LogP contribution in [0.1, 0.15) is 20.8 Å². The molecule has 0 saturated heterocycles. The first kappa shape index (κ1) is 12.3. The molecule has 1 rings (SSSR count). The lowest BCUT2D eigenvalue weighted by molar-refractivity contribution is 0.00692. The van der Waals surface area contributed by atoms with Gasteiger partial charge in [0.25, 0.3) is 0 Å². The van der Waals surface area contributed by atoms with Gasteiger partial charge in [-0.05, 0) is 20.8 Å². The first-order valence-corrected chi connectivity index (χ1v) is 5.77. The van der Waals surface area contributed by atoms with Crippen molar-refractivity contribution in [3.05, 3.63) is 10.5 Å². The fourth-order valence-electron chi connectivity index (χ4n) is 0.942. The van der Waals surface area contributed by atoms with Crippen molar-refractivity contribution in [3.63, 3.8) is 0 Å². The number of nitrogens with one attached hydrogen (secondary N) is 1. The number of hydrogen-bond donors (Lipinski definition) is 1. The van der Waals surface area contributed by atoms with Crippen LogP contribution in [-0.2, 0) is 11.8 Å². The second-order valence-electron chi connectivity index (χ2n) is 4.18. The number of hydrogen-bond acceptors (Lipinski definition) is 4. The third kappa shape index (κ3) is 4.09. The highest BCUT2D eigenvalue weighted by Gasteiger charge is 2.10. The van der Waals surface area contributed by atoms with Crippen molar-refractivity contribution in [1.29, 1.82) is 0 Å². The first-order chi connectivity index (χ1) is 6.90. The summed E-state index contributed by atoms with van der Waals surface area (Å²) in [6.45, 7) is 6.70. The van der Waals surface area contributed by atoms with Crippen LogP contribution >= 0.6 is 11.8 Å². The maximum Gasteiger partial charge on any atom is 0.343 e. The number of thioether (sulfide) groups is 1. The van der Waals surface area contributed by atoms with Gasteiger partial charge in [0.05, 0.1) is 12.2 Å². The Labute approximate surface area is 93.2 Å². The Balaban J connectivity index is 2.33. The Kier molecular flexibility index (Phi) is 3.98. The fraction of sp³-hybridized carbons (Fsp3) is 0.778. The molecule has 0 amide bonds. The van der Waals surface area contributed by atoms with E-state index < -0.39 is 0 Å². The average molecular weight is 231 g/mol. The minimum Gasteiger partial charge on any atom is -0.375 e. The molecule has 0 aliphatic carbocycles. The van der Waals surface area contributed by atoms with E-state index in [1.165, 1.54) is 16.3 Å². The molecule has 1 aromatic rings. The third-order valence-corrected chi connectivity index (χ3v) is 2.68. The highest BCUT2D eigenvalue weighted by molar-refractivity contribution is 7.99. The summed E-state index contributed by atoms with van der Waals surface area (Å²) in [6, 6.07) is 0. The number of aromatic nitrogens is 3. The molecule has 1 aromatic heterocycles. The van der Waals surface area contributed by atoms with Crippen LogP contribution in [0.4, 0.5) is 0 Å². The first-order valence-electron chi connectivity index (χ1n) is 4.78. The lowest BCUT2D eigenvalue weighted by atomic mass is 10.2. The molecular weight excluding hydrogens is 214 g/mol. The zero-order valence-electron chi connectivity index (χ0n) is 9.53. The van der Waals surface area contributed by atoms with E-state index in [0.29, 0.717) is 11.8 Å². The molecule has 1 N–H and O–H groups in total. The summed E-state index contributed by atoms with van der Waals surface area (Å²) < 4.78 is 7.04. The summed E-state index contributed by atoms with van der Waals surface area (Å²) in [5.41, 5.74) is -0.299. The van der Waals surface area contributed by atoms with Crippen molar-refractivity contribution in [2.45, 2.75) is 31.5 Å². The van der Waals surface area contributed by atoms with Crippen LogP contribution < -0.4 is 5.69 Å². The van der Waals surface area contributed by atoms with Gasteiger partial charge < -0.3 is 4.74 Å². The van der Waals surface area contributed by atoms with Gasteiger partial charge in [-0.25, -0.2) is 9.89 Å². The third-order valence-electron chi connectivity index (χ3n) is 1.69. The summed E-state index contributed by atoms with van der Waals surface area (Å²) >= 11 is 1.50. The van der Waals surface area contributed by atoms with Crippen LogP contribution in [0.15, 0.2) is 9.95 Å². The number of aromatic amines is 1. The zero-order chi connectivity index (χ0) is 11.5. The number of nitrogens with zero attached hydrogens (tertiary/aromatic N) is 2. The highest BCUT2D eigenvalue weighted by atomic mass is 32.2. The number of H-pyrrole nitrogens is 1. The van der Waals surface area contributed by atoms with Crippen molar-refractivity contribution in [2.75, 3.05) is 12.4 Å². The lowest BCUT2D eigenvalue weighted by Gasteiger charge is -2.18. The van der Waals surface area contributed by atoms with Gasteiger partial charge in [-0.3, -0.25) is 4.57 Å². The van der Waals surface area contributed by atoms with Crippen LogP contribution in [0.5, 0.6) is 0 Å². The molecule has 15 heavy (non-hydrogen) atoms. The SMILES string of the molecule is Cn1c(SCCOC(C)(C)C)n[nH]c1=O. The normalized spacial score (nSPS) is 12.0. The molecule has 0 atom stereocenters. The van der Waals surface area contributed by atoms with Gasteiger partial charge >= 0.3 is 5.69 Å². The Bertz CT molecular complexity index is 364. The van der Waals surface area contributed by atoms with Crippen molar-refractivity contribution >= 4 is 11.8 Å². The van der Waals surface area contributed by atoms with Crippen LogP contribution in [0.3, 0.4) is 0 Å². The van der Waals surface area contributed by atoms with Crippen molar-refractivity contribution < 1.29 is 4.74 Å². The van der Waals surface area contributed by atoms with E-state index in [-0.39, 0.29) is 11.3 Å². The van der Waals surface area contributed by atoms with Gasteiger partial charge in [-0.1, -0.05) is 11.8 Å². The molecule has 0 aliphatic rings. The average Bonchev–Trinajstić information content (AvgIpc) is 2.42. The monoisotopic (exact) mass is 231 g/mol. The standard InChI is InChI=1S/C9H17N3O2S/c1-9(2,3)14-5-6-15-8-11-10-7(13)12(8)4/h5-6H2,1-4H3,(H,10,13). The Morgan fingerprint density at radius 3 is 2.67 bits per heavy atom. The van der Waals surface area contributed by atoms with Gasteiger partial charge in [-0.2, -0.15) is 0 Å². The van der Waals surface area contributed by atoms with E-state index >= 15 is 0 Å². The molecule has 0 bridgehead atoms. The molecule has 0 saturated carbocycles. The van der Waals surface area contributed by atoms with E-state index in [1.54, 1.807) is 7.05 Å². The van der Waals surface area contributed by atoms with Gasteiger partial charge in [0.15, 0.2) is 5.16 Å². The molecule has 0 aromatic carbocycles. The van der Waals surface area contributed by atoms with Crippen molar-refractivity contribution in [1.82, 2.24) is 14.8 Å². The van der Waals surface area contributed by atoms with Gasteiger partial charge in [0.1, 0.15) is 0 Å². The molecule has 5 nitrogen and oxygen atoms in total. The van der Waals surface area contributed by atoms with Gasteiger partial charge in [0.2, 0.25) is 0 Å². The van der Waals surface area contributed by atoms with Crippen LogP contribution in [0, 0.1) is 0 Å². The smallest absolute Gasteiger partial charge is 0.343 e. The van der Waals surface area contributed by atoms with E-state index in [2.05, 4.69) is 10.2 Å². The molecule has 0 fully saturated rings. The van der Waals surface area contributed by atoms with E-state index in [4.69, 9.17) is 4.74 Å². The number of ether oxygens (including phenoxy) is 1. The Morgan fingerprint density at radius 1 is 1.53 bits per heavy atom. The lowest BCUT2D eigenvalue weighted by Crippen LogP contribution is -2.20. The van der Waals surface area contributed by atoms with Gasteiger partial charge in [-0.15, -0.1) is 5.10 Å². The molecule has 1 heterocycles. The number of rotatable bonds is 4. The van der Waals surface area contributed by atoms with E-state index in [9.17, 15) is 4.79 Å². The highest BCUT2D eigenvalue weighted by Crippen LogP contribution is 2.13. The summed E-state index contributed by atoms with van der Waals surface area (Å²) in [7, 11) is 1.69. The minimum atomic E-state index is -0.186. The summed E-state index contributed by atoms with van der Waals surface area (Å²) in [5.74, 6) is 0.787. The second kappa shape index (κ2) is 4.85. The van der Waals surface area contributed by atoms with E-state index in [1.807, 2.05) is 20.8 Å². The topological polar surface area (TPSA) is 59.9 Å². The molecule has 86 valence electrons. The van der Waals surface area contributed by atoms with Crippen molar-refractivity contribution in [3.8, 4) is 0 Å². The summed E-state index contributed by atoms with van der Waals surface area (Å²) in [4.78, 5) is 11.0. The quantitative estimate of drug-likeness (QED) is 0.621.